The van der Waals surface area contributed by atoms with Crippen LogP contribution in [0.3, 0.4) is 0 Å². The highest BCUT2D eigenvalue weighted by Crippen LogP contribution is 2.34. The Morgan fingerprint density at radius 3 is 2.30 bits per heavy atom. The largest absolute Gasteiger partial charge is 0.309 e. The van der Waals surface area contributed by atoms with E-state index in [1.165, 1.54) is 11.8 Å². The van der Waals surface area contributed by atoms with Crippen molar-refractivity contribution in [2.75, 3.05) is 0 Å². The van der Waals surface area contributed by atoms with Crippen LogP contribution in [0.1, 0.15) is 29.1 Å². The van der Waals surface area contributed by atoms with Crippen LogP contribution in [0.4, 0.5) is 0 Å². The highest BCUT2D eigenvalue weighted by atomic mass is 32.2. The second-order valence-corrected chi connectivity index (χ2v) is 9.38. The SMILES string of the molecule is Cc1ccc(C)c(-n2c(SC(C)c3nc4ccccc4c(=O)[nH]3)nc3ccccc3c2=O)c1. The molecular formula is C26H22N4O2S. The van der Waals surface area contributed by atoms with Gasteiger partial charge in [0.05, 0.1) is 32.7 Å². The van der Waals surface area contributed by atoms with Crippen LogP contribution in [0, 0.1) is 13.8 Å². The van der Waals surface area contributed by atoms with Gasteiger partial charge in [-0.15, -0.1) is 0 Å². The summed E-state index contributed by atoms with van der Waals surface area (Å²) in [6.07, 6.45) is 0. The lowest BCUT2D eigenvalue weighted by Crippen LogP contribution is -2.23. The third-order valence-corrected chi connectivity index (χ3v) is 6.71. The van der Waals surface area contributed by atoms with Gasteiger partial charge in [0.15, 0.2) is 5.16 Å². The van der Waals surface area contributed by atoms with E-state index in [9.17, 15) is 9.59 Å². The third-order valence-electron chi connectivity index (χ3n) is 5.65. The van der Waals surface area contributed by atoms with Crippen molar-refractivity contribution in [3.8, 4) is 5.69 Å². The summed E-state index contributed by atoms with van der Waals surface area (Å²) in [7, 11) is 0. The van der Waals surface area contributed by atoms with Gasteiger partial charge >= 0.3 is 0 Å². The fraction of sp³-hybridized carbons (Fsp3) is 0.154. The zero-order chi connectivity index (χ0) is 23.1. The number of thioether (sulfide) groups is 1. The molecule has 1 N–H and O–H groups in total. The van der Waals surface area contributed by atoms with Crippen LogP contribution in [-0.4, -0.2) is 19.5 Å². The molecular weight excluding hydrogens is 432 g/mol. The van der Waals surface area contributed by atoms with Crippen LogP contribution in [0.5, 0.6) is 0 Å². The van der Waals surface area contributed by atoms with Crippen LogP contribution < -0.4 is 11.1 Å². The molecule has 1 unspecified atom stereocenters. The summed E-state index contributed by atoms with van der Waals surface area (Å²) in [6.45, 7) is 5.94. The number of aryl methyl sites for hydroxylation is 2. The van der Waals surface area contributed by atoms with Crippen molar-refractivity contribution >= 4 is 33.6 Å². The normalized spacial score (nSPS) is 12.3. The molecule has 164 valence electrons. The lowest BCUT2D eigenvalue weighted by atomic mass is 10.1. The Kier molecular flexibility index (Phi) is 5.34. The minimum Gasteiger partial charge on any atom is -0.309 e. The summed E-state index contributed by atoms with van der Waals surface area (Å²) in [5.41, 5.74) is 3.81. The Labute approximate surface area is 194 Å². The minimum absolute atomic E-state index is 0.121. The van der Waals surface area contributed by atoms with E-state index < -0.39 is 0 Å². The Morgan fingerprint density at radius 1 is 0.879 bits per heavy atom. The molecule has 0 aliphatic rings. The van der Waals surface area contributed by atoms with Gasteiger partial charge in [0, 0.05) is 0 Å². The first-order chi connectivity index (χ1) is 15.9. The Morgan fingerprint density at radius 2 is 1.55 bits per heavy atom. The standard InChI is InChI=1S/C26H22N4O2S/c1-15-12-13-16(2)22(14-15)30-25(32)19-9-5-7-11-21(19)28-26(30)33-17(3)23-27-20-10-6-4-8-18(20)24(31)29-23/h4-14,17H,1-3H3,(H,27,29,31). The maximum Gasteiger partial charge on any atom is 0.266 e. The van der Waals surface area contributed by atoms with Crippen molar-refractivity contribution in [3.63, 3.8) is 0 Å². The fourth-order valence-electron chi connectivity index (χ4n) is 3.88. The molecule has 0 amide bonds. The number of benzene rings is 3. The predicted octanol–water partition coefficient (Wildman–Crippen LogP) is 5.09. The van der Waals surface area contributed by atoms with Gasteiger partial charge in [-0.2, -0.15) is 0 Å². The van der Waals surface area contributed by atoms with E-state index in [2.05, 4.69) is 9.97 Å². The molecule has 0 spiro atoms. The third kappa shape index (κ3) is 3.85. The van der Waals surface area contributed by atoms with Crippen molar-refractivity contribution in [1.82, 2.24) is 19.5 Å². The molecule has 0 aliphatic heterocycles. The number of H-pyrrole nitrogens is 1. The van der Waals surface area contributed by atoms with Crippen LogP contribution in [0.2, 0.25) is 0 Å². The summed E-state index contributed by atoms with van der Waals surface area (Å²) in [5.74, 6) is 0.540. The molecule has 0 saturated carbocycles. The number of aromatic nitrogens is 4. The highest BCUT2D eigenvalue weighted by Gasteiger charge is 2.20. The lowest BCUT2D eigenvalue weighted by molar-refractivity contribution is 0.804. The number of fused-ring (bicyclic) bond motifs is 2. The lowest BCUT2D eigenvalue weighted by Gasteiger charge is -2.18. The van der Waals surface area contributed by atoms with Gasteiger partial charge < -0.3 is 4.98 Å². The molecule has 1 atom stereocenters. The number of aromatic amines is 1. The molecule has 6 nitrogen and oxygen atoms in total. The van der Waals surface area contributed by atoms with Crippen molar-refractivity contribution in [1.29, 1.82) is 0 Å². The van der Waals surface area contributed by atoms with Crippen LogP contribution >= 0.6 is 11.8 Å². The second kappa shape index (κ2) is 8.33. The quantitative estimate of drug-likeness (QED) is 0.302. The highest BCUT2D eigenvalue weighted by molar-refractivity contribution is 7.99. The van der Waals surface area contributed by atoms with Gasteiger partial charge in [-0.3, -0.25) is 14.2 Å². The topological polar surface area (TPSA) is 80.6 Å². The molecule has 0 fully saturated rings. The van der Waals surface area contributed by atoms with Crippen LogP contribution in [0.15, 0.2) is 81.5 Å². The first-order valence-electron chi connectivity index (χ1n) is 10.7. The second-order valence-electron chi connectivity index (χ2n) is 8.07. The summed E-state index contributed by atoms with van der Waals surface area (Å²) in [6, 6.07) is 20.6. The van der Waals surface area contributed by atoms with Crippen molar-refractivity contribution in [3.05, 3.63) is 104 Å². The Hall–Kier alpha value is -3.71. The smallest absolute Gasteiger partial charge is 0.266 e. The molecule has 0 saturated heterocycles. The van der Waals surface area contributed by atoms with E-state index in [1.807, 2.05) is 75.4 Å². The van der Waals surface area contributed by atoms with Crippen molar-refractivity contribution < 1.29 is 0 Å². The van der Waals surface area contributed by atoms with Gasteiger partial charge in [0.25, 0.3) is 11.1 Å². The summed E-state index contributed by atoms with van der Waals surface area (Å²) >= 11 is 1.40. The molecule has 5 rings (SSSR count). The van der Waals surface area contributed by atoms with Gasteiger partial charge in [-0.05, 0) is 62.2 Å². The molecule has 0 aliphatic carbocycles. The summed E-state index contributed by atoms with van der Waals surface area (Å²) < 4.78 is 1.67. The maximum atomic E-state index is 13.6. The Balaban J connectivity index is 1.68. The number of rotatable bonds is 4. The van der Waals surface area contributed by atoms with Gasteiger partial charge in [-0.25, -0.2) is 9.97 Å². The average Bonchev–Trinajstić information content (AvgIpc) is 2.81. The number of nitrogens with zero attached hydrogens (tertiary/aromatic N) is 3. The zero-order valence-electron chi connectivity index (χ0n) is 18.5. The van der Waals surface area contributed by atoms with Gasteiger partial charge in [-0.1, -0.05) is 48.2 Å². The first kappa shape index (κ1) is 21.2. The molecule has 5 aromatic rings. The molecule has 33 heavy (non-hydrogen) atoms. The maximum absolute atomic E-state index is 13.6. The first-order valence-corrected chi connectivity index (χ1v) is 11.6. The number of para-hydroxylation sites is 2. The molecule has 7 heteroatoms. The van der Waals surface area contributed by atoms with Gasteiger partial charge in [0.1, 0.15) is 5.82 Å². The van der Waals surface area contributed by atoms with Gasteiger partial charge in [0.2, 0.25) is 0 Å². The molecule has 0 bridgehead atoms. The van der Waals surface area contributed by atoms with Crippen LogP contribution in [0.25, 0.3) is 27.5 Å². The number of hydrogen-bond donors (Lipinski definition) is 1. The molecule has 2 heterocycles. The van der Waals surface area contributed by atoms with E-state index in [-0.39, 0.29) is 16.4 Å². The summed E-state index contributed by atoms with van der Waals surface area (Å²) in [5, 5.41) is 1.42. The fourth-order valence-corrected chi connectivity index (χ4v) is 4.85. The Bertz CT molecular complexity index is 1640. The van der Waals surface area contributed by atoms with Crippen molar-refractivity contribution in [2.24, 2.45) is 0 Å². The number of hydrogen-bond acceptors (Lipinski definition) is 5. The van der Waals surface area contributed by atoms with E-state index in [4.69, 9.17) is 4.98 Å². The average molecular weight is 455 g/mol. The number of nitrogens with one attached hydrogen (secondary N) is 1. The van der Waals surface area contributed by atoms with Crippen molar-refractivity contribution in [2.45, 2.75) is 31.2 Å². The van der Waals surface area contributed by atoms with E-state index in [0.29, 0.717) is 32.8 Å². The summed E-state index contributed by atoms with van der Waals surface area (Å²) in [4.78, 5) is 38.6. The van der Waals surface area contributed by atoms with Crippen LogP contribution in [-0.2, 0) is 0 Å². The molecule has 2 aromatic heterocycles. The van der Waals surface area contributed by atoms with E-state index in [1.54, 1.807) is 16.7 Å². The predicted molar refractivity (Wildman–Crippen MR) is 133 cm³/mol. The molecule has 3 aromatic carbocycles. The minimum atomic E-state index is -0.244. The van der Waals surface area contributed by atoms with E-state index >= 15 is 0 Å². The monoisotopic (exact) mass is 454 g/mol. The zero-order valence-corrected chi connectivity index (χ0v) is 19.3. The molecule has 0 radical (unpaired) electrons. The van der Waals surface area contributed by atoms with E-state index in [0.717, 1.165) is 16.8 Å².